The summed E-state index contributed by atoms with van der Waals surface area (Å²) in [5.74, 6) is -0.177. The van der Waals surface area contributed by atoms with Crippen LogP contribution in [0.15, 0.2) is 23.2 Å². The quantitative estimate of drug-likeness (QED) is 0.774. The number of methoxy groups -OCH3 is 1. The number of aromatic hydroxyl groups is 1. The molecular formula is C14H19NO4. The van der Waals surface area contributed by atoms with Gasteiger partial charge >= 0.3 is 5.97 Å². The zero-order valence-electron chi connectivity index (χ0n) is 11.3. The first-order valence-corrected chi connectivity index (χ1v) is 6.07. The van der Waals surface area contributed by atoms with Gasteiger partial charge in [-0.2, -0.15) is 0 Å². The standard InChI is InChI=1S/C14H19NO4/c1-9(2)6-12(14(17)18)15-8-10-4-5-11(19-3)7-13(10)16/h4-5,7-9,12,16H,6H2,1-3H3,(H,17,18)/t12-/m0/s1. The number of phenolic OH excluding ortho intramolecular Hbond substituents is 1. The molecule has 19 heavy (non-hydrogen) atoms. The summed E-state index contributed by atoms with van der Waals surface area (Å²) >= 11 is 0. The van der Waals surface area contributed by atoms with E-state index in [2.05, 4.69) is 4.99 Å². The zero-order valence-corrected chi connectivity index (χ0v) is 11.3. The molecule has 0 radical (unpaired) electrons. The van der Waals surface area contributed by atoms with Crippen molar-refractivity contribution in [1.82, 2.24) is 0 Å². The molecule has 0 aliphatic carbocycles. The Morgan fingerprint density at radius 2 is 2.16 bits per heavy atom. The summed E-state index contributed by atoms with van der Waals surface area (Å²) in [6, 6.07) is 3.98. The molecular weight excluding hydrogens is 246 g/mol. The second-order valence-corrected chi connectivity index (χ2v) is 4.69. The van der Waals surface area contributed by atoms with E-state index < -0.39 is 12.0 Å². The average molecular weight is 265 g/mol. The van der Waals surface area contributed by atoms with Crippen LogP contribution < -0.4 is 4.74 Å². The molecule has 1 aromatic carbocycles. The van der Waals surface area contributed by atoms with Crippen LogP contribution in [-0.2, 0) is 4.79 Å². The number of hydrogen-bond donors (Lipinski definition) is 2. The molecule has 0 amide bonds. The smallest absolute Gasteiger partial charge is 0.328 e. The predicted octanol–water partition coefficient (Wildman–Crippen LogP) is 2.32. The maximum atomic E-state index is 11.0. The molecule has 2 N–H and O–H groups in total. The van der Waals surface area contributed by atoms with Crippen LogP contribution in [0.25, 0.3) is 0 Å². The van der Waals surface area contributed by atoms with Gasteiger partial charge in [0.15, 0.2) is 0 Å². The molecule has 0 aromatic heterocycles. The highest BCUT2D eigenvalue weighted by molar-refractivity contribution is 5.86. The summed E-state index contributed by atoms with van der Waals surface area (Å²) in [6.45, 7) is 3.88. The van der Waals surface area contributed by atoms with Crippen molar-refractivity contribution in [3.63, 3.8) is 0 Å². The number of nitrogens with zero attached hydrogens (tertiary/aromatic N) is 1. The Morgan fingerprint density at radius 3 is 2.63 bits per heavy atom. The van der Waals surface area contributed by atoms with E-state index in [0.29, 0.717) is 17.7 Å². The molecule has 1 aromatic rings. The third kappa shape index (κ3) is 4.62. The zero-order chi connectivity index (χ0) is 14.4. The van der Waals surface area contributed by atoms with Crippen molar-refractivity contribution in [1.29, 1.82) is 0 Å². The second-order valence-electron chi connectivity index (χ2n) is 4.69. The number of benzene rings is 1. The minimum absolute atomic E-state index is 0.0109. The lowest BCUT2D eigenvalue weighted by molar-refractivity contribution is -0.138. The first kappa shape index (κ1) is 15.0. The molecule has 0 saturated carbocycles. The number of aliphatic imine (C=N–C) groups is 1. The highest BCUT2D eigenvalue weighted by Gasteiger charge is 2.16. The third-order valence-corrected chi connectivity index (χ3v) is 2.61. The largest absolute Gasteiger partial charge is 0.507 e. The second kappa shape index (κ2) is 6.78. The van der Waals surface area contributed by atoms with Crippen LogP contribution in [0.1, 0.15) is 25.8 Å². The summed E-state index contributed by atoms with van der Waals surface area (Å²) in [6.07, 6.45) is 1.85. The highest BCUT2D eigenvalue weighted by atomic mass is 16.5. The van der Waals surface area contributed by atoms with Crippen LogP contribution in [0.4, 0.5) is 0 Å². The molecule has 0 aliphatic rings. The Labute approximate surface area is 112 Å². The predicted molar refractivity (Wildman–Crippen MR) is 73.1 cm³/mol. The number of aliphatic carboxylic acids is 1. The van der Waals surface area contributed by atoms with E-state index in [-0.39, 0.29) is 11.7 Å². The van der Waals surface area contributed by atoms with Gasteiger partial charge in [0.25, 0.3) is 0 Å². The van der Waals surface area contributed by atoms with E-state index in [0.717, 1.165) is 0 Å². The molecule has 0 unspecified atom stereocenters. The maximum Gasteiger partial charge on any atom is 0.328 e. The van der Waals surface area contributed by atoms with Gasteiger partial charge in [0, 0.05) is 17.8 Å². The number of carboxylic acid groups (broad SMARTS) is 1. The minimum Gasteiger partial charge on any atom is -0.507 e. The molecule has 0 bridgehead atoms. The van der Waals surface area contributed by atoms with Gasteiger partial charge in [0.1, 0.15) is 17.5 Å². The number of carboxylic acids is 1. The average Bonchev–Trinajstić information content (AvgIpc) is 2.34. The summed E-state index contributed by atoms with van der Waals surface area (Å²) < 4.78 is 4.97. The summed E-state index contributed by atoms with van der Waals surface area (Å²) in [7, 11) is 1.51. The molecule has 0 saturated heterocycles. The Morgan fingerprint density at radius 1 is 1.47 bits per heavy atom. The van der Waals surface area contributed by atoms with Gasteiger partial charge in [-0.15, -0.1) is 0 Å². The lowest BCUT2D eigenvalue weighted by Gasteiger charge is -2.10. The van der Waals surface area contributed by atoms with Crippen LogP contribution in [0.2, 0.25) is 0 Å². The normalized spacial score (nSPS) is 12.8. The van der Waals surface area contributed by atoms with Gasteiger partial charge in [-0.05, 0) is 24.5 Å². The van der Waals surface area contributed by atoms with Gasteiger partial charge < -0.3 is 14.9 Å². The van der Waals surface area contributed by atoms with Crippen molar-refractivity contribution in [3.05, 3.63) is 23.8 Å². The van der Waals surface area contributed by atoms with E-state index in [1.807, 2.05) is 13.8 Å². The van der Waals surface area contributed by atoms with Crippen LogP contribution in [0.5, 0.6) is 11.5 Å². The summed E-state index contributed by atoms with van der Waals surface area (Å²) in [5, 5.41) is 18.8. The van der Waals surface area contributed by atoms with E-state index in [9.17, 15) is 9.90 Å². The molecule has 104 valence electrons. The Balaban J connectivity index is 2.86. The lowest BCUT2D eigenvalue weighted by atomic mass is 10.0. The van der Waals surface area contributed by atoms with Gasteiger partial charge in [0.05, 0.1) is 7.11 Å². The Hall–Kier alpha value is -2.04. The lowest BCUT2D eigenvalue weighted by Crippen LogP contribution is -2.20. The fraction of sp³-hybridized carbons (Fsp3) is 0.429. The fourth-order valence-electron chi connectivity index (χ4n) is 1.60. The number of carbonyl (C=O) groups is 1. The molecule has 0 aliphatic heterocycles. The molecule has 5 heteroatoms. The van der Waals surface area contributed by atoms with Crippen molar-refractivity contribution in [2.24, 2.45) is 10.9 Å². The van der Waals surface area contributed by atoms with Crippen molar-refractivity contribution in [2.45, 2.75) is 26.3 Å². The van der Waals surface area contributed by atoms with Gasteiger partial charge in [0.2, 0.25) is 0 Å². The molecule has 0 spiro atoms. The SMILES string of the molecule is COc1ccc(C=N[C@@H](CC(C)C)C(=O)O)c(O)c1. The minimum atomic E-state index is -0.960. The number of ether oxygens (including phenoxy) is 1. The third-order valence-electron chi connectivity index (χ3n) is 2.61. The monoisotopic (exact) mass is 265 g/mol. The van der Waals surface area contributed by atoms with E-state index in [4.69, 9.17) is 9.84 Å². The van der Waals surface area contributed by atoms with Crippen molar-refractivity contribution in [3.8, 4) is 11.5 Å². The van der Waals surface area contributed by atoms with Crippen LogP contribution in [-0.4, -0.2) is 35.5 Å². The van der Waals surface area contributed by atoms with E-state index in [1.165, 1.54) is 19.4 Å². The Bertz CT molecular complexity index is 469. The molecule has 0 heterocycles. The first-order valence-electron chi connectivity index (χ1n) is 6.07. The van der Waals surface area contributed by atoms with E-state index in [1.54, 1.807) is 12.1 Å². The fourth-order valence-corrected chi connectivity index (χ4v) is 1.60. The van der Waals surface area contributed by atoms with Crippen molar-refractivity contribution >= 4 is 12.2 Å². The van der Waals surface area contributed by atoms with Crippen LogP contribution >= 0.6 is 0 Å². The highest BCUT2D eigenvalue weighted by Crippen LogP contribution is 2.22. The van der Waals surface area contributed by atoms with E-state index >= 15 is 0 Å². The topological polar surface area (TPSA) is 79.1 Å². The molecule has 1 atom stereocenters. The van der Waals surface area contributed by atoms with Crippen molar-refractivity contribution in [2.75, 3.05) is 7.11 Å². The van der Waals surface area contributed by atoms with Crippen LogP contribution in [0.3, 0.4) is 0 Å². The Kier molecular flexibility index (Phi) is 5.36. The van der Waals surface area contributed by atoms with Crippen LogP contribution in [0, 0.1) is 5.92 Å². The van der Waals surface area contributed by atoms with Gasteiger partial charge in [-0.1, -0.05) is 13.8 Å². The van der Waals surface area contributed by atoms with Gasteiger partial charge in [-0.3, -0.25) is 4.99 Å². The first-order chi connectivity index (χ1) is 8.93. The van der Waals surface area contributed by atoms with Gasteiger partial charge in [-0.25, -0.2) is 4.79 Å². The molecule has 5 nitrogen and oxygen atoms in total. The number of hydrogen-bond acceptors (Lipinski definition) is 4. The number of phenols is 1. The maximum absolute atomic E-state index is 11.0. The molecule has 0 fully saturated rings. The summed E-state index contributed by atoms with van der Waals surface area (Å²) in [5.41, 5.74) is 0.468. The molecule has 1 rings (SSSR count). The number of rotatable bonds is 6. The summed E-state index contributed by atoms with van der Waals surface area (Å²) in [4.78, 5) is 15.1. The van der Waals surface area contributed by atoms with Crippen molar-refractivity contribution < 1.29 is 19.7 Å².